The zero-order chi connectivity index (χ0) is 22.3. The molecule has 8 nitrogen and oxygen atoms in total. The fourth-order valence-electron chi connectivity index (χ4n) is 3.40. The van der Waals surface area contributed by atoms with E-state index in [1.807, 2.05) is 38.1 Å². The van der Waals surface area contributed by atoms with E-state index in [2.05, 4.69) is 32.4 Å². The lowest BCUT2D eigenvalue weighted by Gasteiger charge is -2.31. The summed E-state index contributed by atoms with van der Waals surface area (Å²) < 4.78 is 11.3. The highest BCUT2D eigenvalue weighted by molar-refractivity contribution is 7.15. The fraction of sp³-hybridized carbons (Fsp3) is 0.391. The van der Waals surface area contributed by atoms with Crippen LogP contribution >= 0.6 is 11.3 Å². The van der Waals surface area contributed by atoms with Gasteiger partial charge >= 0.3 is 6.09 Å². The van der Waals surface area contributed by atoms with Crippen molar-refractivity contribution in [3.63, 3.8) is 0 Å². The lowest BCUT2D eigenvalue weighted by Crippen LogP contribution is -2.42. The molecule has 1 N–H and O–H groups in total. The Hall–Kier alpha value is -3.20. The Morgan fingerprint density at radius 2 is 2.03 bits per heavy atom. The van der Waals surface area contributed by atoms with Crippen LogP contribution in [0.2, 0.25) is 0 Å². The lowest BCUT2D eigenvalue weighted by molar-refractivity contribution is 0.0507. The number of hydrogen-bond acceptors (Lipinski definition) is 8. The number of rotatable bonds is 7. The van der Waals surface area contributed by atoms with Crippen LogP contribution in [0.15, 0.2) is 48.9 Å². The summed E-state index contributed by atoms with van der Waals surface area (Å²) in [5.41, 5.74) is 0.977. The second-order valence-electron chi connectivity index (χ2n) is 7.81. The van der Waals surface area contributed by atoms with Crippen LogP contribution in [0.25, 0.3) is 10.6 Å². The van der Waals surface area contributed by atoms with Crippen molar-refractivity contribution < 1.29 is 14.3 Å². The predicted molar refractivity (Wildman–Crippen MR) is 124 cm³/mol. The molecule has 0 radical (unpaired) electrons. The number of pyridine rings is 1. The van der Waals surface area contributed by atoms with E-state index in [1.54, 1.807) is 22.4 Å². The number of ether oxygens (including phenoxy) is 2. The molecule has 1 aliphatic rings. The molecule has 0 bridgehead atoms. The summed E-state index contributed by atoms with van der Waals surface area (Å²) in [6.45, 7) is 5.59. The van der Waals surface area contributed by atoms with E-state index in [4.69, 9.17) is 9.47 Å². The number of carbonyl (C=O) groups is 1. The minimum absolute atomic E-state index is 0.0130. The molecule has 0 atom stereocenters. The SMILES string of the molecule is CC(C)OC(=O)N1CCC(Oc2cc(NCc3ccc(-c4ccccn4)s3)ncn2)CC1. The second-order valence-corrected chi connectivity index (χ2v) is 8.98. The van der Waals surface area contributed by atoms with Crippen LogP contribution in [0.4, 0.5) is 10.6 Å². The number of likely N-dealkylation sites (tertiary alicyclic amines) is 1. The van der Waals surface area contributed by atoms with E-state index < -0.39 is 0 Å². The Morgan fingerprint density at radius 3 is 2.78 bits per heavy atom. The molecule has 0 saturated carbocycles. The third-order valence-corrected chi connectivity index (χ3v) is 6.10. The smallest absolute Gasteiger partial charge is 0.410 e. The van der Waals surface area contributed by atoms with Gasteiger partial charge in [0.2, 0.25) is 5.88 Å². The minimum Gasteiger partial charge on any atom is -0.474 e. The maximum Gasteiger partial charge on any atom is 0.410 e. The van der Waals surface area contributed by atoms with E-state index in [-0.39, 0.29) is 18.3 Å². The molecule has 4 heterocycles. The van der Waals surface area contributed by atoms with Gasteiger partial charge in [-0.1, -0.05) is 6.07 Å². The molecule has 9 heteroatoms. The molecule has 3 aromatic heterocycles. The summed E-state index contributed by atoms with van der Waals surface area (Å²) >= 11 is 1.70. The highest BCUT2D eigenvalue weighted by Gasteiger charge is 2.25. The van der Waals surface area contributed by atoms with Gasteiger partial charge in [0, 0.05) is 43.1 Å². The van der Waals surface area contributed by atoms with Gasteiger partial charge in [0.05, 0.1) is 23.2 Å². The highest BCUT2D eigenvalue weighted by Crippen LogP contribution is 2.27. The Balaban J connectivity index is 1.27. The van der Waals surface area contributed by atoms with Gasteiger partial charge in [0.25, 0.3) is 0 Å². The molecule has 4 rings (SSSR count). The van der Waals surface area contributed by atoms with E-state index in [0.29, 0.717) is 31.3 Å². The van der Waals surface area contributed by atoms with Gasteiger partial charge < -0.3 is 19.7 Å². The summed E-state index contributed by atoms with van der Waals surface area (Å²) in [5, 5.41) is 3.33. The Bertz CT molecular complexity index is 1020. The second kappa shape index (κ2) is 10.4. The first-order valence-corrected chi connectivity index (χ1v) is 11.6. The van der Waals surface area contributed by atoms with Crippen molar-refractivity contribution in [2.45, 2.75) is 45.4 Å². The largest absolute Gasteiger partial charge is 0.474 e. The van der Waals surface area contributed by atoms with E-state index in [0.717, 1.165) is 23.4 Å². The van der Waals surface area contributed by atoms with Gasteiger partial charge in [-0.25, -0.2) is 14.8 Å². The number of amides is 1. The van der Waals surface area contributed by atoms with Crippen LogP contribution in [0.3, 0.4) is 0 Å². The van der Waals surface area contributed by atoms with Crippen molar-refractivity contribution in [1.82, 2.24) is 19.9 Å². The Kier molecular flexibility index (Phi) is 7.16. The summed E-state index contributed by atoms with van der Waals surface area (Å²) in [7, 11) is 0. The lowest BCUT2D eigenvalue weighted by atomic mass is 10.1. The van der Waals surface area contributed by atoms with E-state index >= 15 is 0 Å². The number of carbonyl (C=O) groups excluding carboxylic acids is 1. The number of nitrogens with one attached hydrogen (secondary N) is 1. The molecule has 0 unspecified atom stereocenters. The number of piperidine rings is 1. The summed E-state index contributed by atoms with van der Waals surface area (Å²) in [5.74, 6) is 1.24. The molecule has 0 aliphatic carbocycles. The molecule has 1 fully saturated rings. The predicted octanol–water partition coefficient (Wildman–Crippen LogP) is 4.60. The zero-order valence-corrected chi connectivity index (χ0v) is 19.0. The maximum atomic E-state index is 12.0. The highest BCUT2D eigenvalue weighted by atomic mass is 32.1. The Labute approximate surface area is 191 Å². The minimum atomic E-state index is -0.258. The molecular weight excluding hydrogens is 426 g/mol. The standard InChI is InChI=1S/C23H27N5O3S/c1-16(2)30-23(29)28-11-8-17(9-12-28)31-22-13-21(26-15-27-22)25-14-18-6-7-20(32-18)19-5-3-4-10-24-19/h3-7,10,13,15-17H,8-9,11-12,14H2,1-2H3,(H,25,26,27). The molecular formula is C23H27N5O3S. The summed E-state index contributed by atoms with van der Waals surface area (Å²) in [6.07, 6.45) is 4.43. The van der Waals surface area contributed by atoms with Crippen molar-refractivity contribution in [2.24, 2.45) is 0 Å². The van der Waals surface area contributed by atoms with Crippen LogP contribution < -0.4 is 10.1 Å². The van der Waals surface area contributed by atoms with Gasteiger partial charge in [0.1, 0.15) is 18.2 Å². The zero-order valence-electron chi connectivity index (χ0n) is 18.2. The number of hydrogen-bond donors (Lipinski definition) is 1. The van der Waals surface area contributed by atoms with Crippen LogP contribution in [0.5, 0.6) is 5.88 Å². The van der Waals surface area contributed by atoms with Gasteiger partial charge in [-0.2, -0.15) is 0 Å². The topological polar surface area (TPSA) is 89.5 Å². The number of aromatic nitrogens is 3. The van der Waals surface area contributed by atoms with Crippen molar-refractivity contribution in [3.8, 4) is 16.5 Å². The van der Waals surface area contributed by atoms with Crippen LogP contribution in [0, 0.1) is 0 Å². The van der Waals surface area contributed by atoms with E-state index in [1.165, 1.54) is 11.2 Å². The monoisotopic (exact) mass is 453 g/mol. The average Bonchev–Trinajstić information content (AvgIpc) is 3.28. The first-order chi connectivity index (χ1) is 15.6. The molecule has 1 amide bonds. The normalized spacial score (nSPS) is 14.4. The number of anilines is 1. The van der Waals surface area contributed by atoms with Gasteiger partial charge in [-0.15, -0.1) is 11.3 Å². The first-order valence-electron chi connectivity index (χ1n) is 10.7. The third-order valence-electron chi connectivity index (χ3n) is 4.99. The van der Waals surface area contributed by atoms with Gasteiger partial charge in [-0.3, -0.25) is 4.98 Å². The first kappa shape index (κ1) is 22.0. The third kappa shape index (κ3) is 5.94. The quantitative estimate of drug-likeness (QED) is 0.559. The molecule has 168 valence electrons. The molecule has 32 heavy (non-hydrogen) atoms. The van der Waals surface area contributed by atoms with Crippen LogP contribution in [0.1, 0.15) is 31.6 Å². The molecule has 0 spiro atoms. The van der Waals surface area contributed by atoms with Gasteiger partial charge in [-0.05, 0) is 38.1 Å². The van der Waals surface area contributed by atoms with E-state index in [9.17, 15) is 4.79 Å². The maximum absolute atomic E-state index is 12.0. The summed E-state index contributed by atoms with van der Waals surface area (Å²) in [6, 6.07) is 11.9. The summed E-state index contributed by atoms with van der Waals surface area (Å²) in [4.78, 5) is 29.0. The molecule has 1 aliphatic heterocycles. The Morgan fingerprint density at radius 1 is 1.19 bits per heavy atom. The van der Waals surface area contributed by atoms with Crippen molar-refractivity contribution in [2.75, 3.05) is 18.4 Å². The number of nitrogens with zero attached hydrogens (tertiary/aromatic N) is 4. The van der Waals surface area contributed by atoms with Crippen molar-refractivity contribution in [3.05, 3.63) is 53.8 Å². The van der Waals surface area contributed by atoms with Crippen LogP contribution in [-0.4, -0.2) is 51.2 Å². The fourth-order valence-corrected chi connectivity index (χ4v) is 4.32. The number of thiophene rings is 1. The van der Waals surface area contributed by atoms with Crippen molar-refractivity contribution >= 4 is 23.2 Å². The molecule has 0 aromatic carbocycles. The molecule has 3 aromatic rings. The molecule has 1 saturated heterocycles. The van der Waals surface area contributed by atoms with Crippen molar-refractivity contribution in [1.29, 1.82) is 0 Å². The average molecular weight is 454 g/mol. The van der Waals surface area contributed by atoms with Gasteiger partial charge in [0.15, 0.2) is 0 Å². The van der Waals surface area contributed by atoms with Crippen LogP contribution in [-0.2, 0) is 11.3 Å².